The van der Waals surface area contributed by atoms with E-state index in [1.165, 1.54) is 35.5 Å². The first-order valence-corrected chi connectivity index (χ1v) is 8.56. The SMILES string of the molecule is CC1CCCC(C)N1[SiH2]CC[SiH3]. The summed E-state index contributed by atoms with van der Waals surface area (Å²) in [6.45, 7) is 4.85. The van der Waals surface area contributed by atoms with Crippen LogP contribution in [0, 0.1) is 0 Å². The Morgan fingerprint density at radius 3 is 2.42 bits per heavy atom. The van der Waals surface area contributed by atoms with Crippen molar-refractivity contribution in [1.82, 2.24) is 4.57 Å². The summed E-state index contributed by atoms with van der Waals surface area (Å²) in [6.07, 6.45) is 4.38. The maximum Gasteiger partial charge on any atom is 0.0953 e. The van der Waals surface area contributed by atoms with Gasteiger partial charge in [-0.1, -0.05) is 32.4 Å². The Hall–Kier alpha value is 0.394. The first kappa shape index (κ1) is 10.5. The highest BCUT2D eigenvalue weighted by Gasteiger charge is 2.23. The third-order valence-electron chi connectivity index (χ3n) is 3.15. The molecule has 0 aromatic rings. The van der Waals surface area contributed by atoms with E-state index in [2.05, 4.69) is 18.4 Å². The largest absolute Gasteiger partial charge is 0.324 e. The normalized spacial score (nSPS) is 33.5. The summed E-state index contributed by atoms with van der Waals surface area (Å²) in [7, 11) is 1.55. The zero-order valence-electron chi connectivity index (χ0n) is 8.84. The van der Waals surface area contributed by atoms with E-state index in [9.17, 15) is 0 Å². The molecular formula is C9H23NSi2. The van der Waals surface area contributed by atoms with Gasteiger partial charge in [0.05, 0.1) is 9.68 Å². The fourth-order valence-electron chi connectivity index (χ4n) is 2.26. The van der Waals surface area contributed by atoms with Crippen molar-refractivity contribution in [2.45, 2.75) is 57.3 Å². The lowest BCUT2D eigenvalue weighted by Crippen LogP contribution is -2.45. The molecule has 0 spiro atoms. The van der Waals surface area contributed by atoms with Crippen molar-refractivity contribution in [3.8, 4) is 0 Å². The maximum atomic E-state index is 2.85. The van der Waals surface area contributed by atoms with Gasteiger partial charge in [-0.05, 0) is 12.8 Å². The summed E-state index contributed by atoms with van der Waals surface area (Å²) < 4.78 is 2.85. The van der Waals surface area contributed by atoms with Crippen LogP contribution in [0.3, 0.4) is 0 Å². The van der Waals surface area contributed by atoms with Crippen molar-refractivity contribution < 1.29 is 0 Å². The minimum atomic E-state index is 0.139. The van der Waals surface area contributed by atoms with Crippen molar-refractivity contribution in [1.29, 1.82) is 0 Å². The molecule has 0 radical (unpaired) electrons. The van der Waals surface area contributed by atoms with Crippen LogP contribution in [0.2, 0.25) is 12.1 Å². The summed E-state index contributed by atoms with van der Waals surface area (Å²) in [4.78, 5) is 0. The van der Waals surface area contributed by atoms with Crippen LogP contribution in [-0.4, -0.2) is 36.6 Å². The number of rotatable bonds is 3. The molecule has 72 valence electrons. The Bertz CT molecular complexity index is 120. The quantitative estimate of drug-likeness (QED) is 0.603. The van der Waals surface area contributed by atoms with Gasteiger partial charge in [0.1, 0.15) is 0 Å². The van der Waals surface area contributed by atoms with Crippen LogP contribution in [0.1, 0.15) is 33.1 Å². The number of hydrogen-bond donors (Lipinski definition) is 0. The molecule has 3 heteroatoms. The third kappa shape index (κ3) is 2.71. The van der Waals surface area contributed by atoms with Gasteiger partial charge in [-0.15, -0.1) is 0 Å². The van der Waals surface area contributed by atoms with Crippen LogP contribution < -0.4 is 0 Å². The Kier molecular flexibility index (Phi) is 4.53. The predicted octanol–water partition coefficient (Wildman–Crippen LogP) is 0.535. The topological polar surface area (TPSA) is 3.24 Å². The van der Waals surface area contributed by atoms with Crippen molar-refractivity contribution >= 4 is 19.9 Å². The molecule has 2 unspecified atom stereocenters. The Morgan fingerprint density at radius 2 is 1.92 bits per heavy atom. The predicted molar refractivity (Wildman–Crippen MR) is 62.7 cm³/mol. The molecule has 0 aromatic carbocycles. The zero-order chi connectivity index (χ0) is 8.97. The van der Waals surface area contributed by atoms with Gasteiger partial charge in [0.2, 0.25) is 0 Å². The summed E-state index contributed by atoms with van der Waals surface area (Å²) in [5.41, 5.74) is 0. The summed E-state index contributed by atoms with van der Waals surface area (Å²) >= 11 is 0. The lowest BCUT2D eigenvalue weighted by molar-refractivity contribution is 0.206. The maximum absolute atomic E-state index is 2.85. The molecule has 2 atom stereocenters. The highest BCUT2D eigenvalue weighted by atomic mass is 28.2. The second-order valence-electron chi connectivity index (χ2n) is 4.22. The molecule has 0 N–H and O–H groups in total. The van der Waals surface area contributed by atoms with Crippen LogP contribution in [0.4, 0.5) is 0 Å². The number of piperidine rings is 1. The lowest BCUT2D eigenvalue weighted by Gasteiger charge is -2.39. The van der Waals surface area contributed by atoms with E-state index in [1.54, 1.807) is 6.04 Å². The third-order valence-corrected chi connectivity index (χ3v) is 8.05. The van der Waals surface area contributed by atoms with Gasteiger partial charge in [-0.25, -0.2) is 0 Å². The van der Waals surface area contributed by atoms with Gasteiger partial charge in [-0.2, -0.15) is 0 Å². The Balaban J connectivity index is 2.34. The molecule has 1 fully saturated rings. The molecule has 0 saturated carbocycles. The first-order valence-electron chi connectivity index (χ1n) is 5.51. The molecule has 1 aliphatic heterocycles. The molecule has 1 heterocycles. The Morgan fingerprint density at radius 1 is 1.33 bits per heavy atom. The molecule has 12 heavy (non-hydrogen) atoms. The molecule has 0 amide bonds. The lowest BCUT2D eigenvalue weighted by atomic mass is 10.0. The highest BCUT2D eigenvalue weighted by molar-refractivity contribution is 6.34. The van der Waals surface area contributed by atoms with Crippen molar-refractivity contribution in [3.63, 3.8) is 0 Å². The van der Waals surface area contributed by atoms with Crippen molar-refractivity contribution in [3.05, 3.63) is 0 Å². The molecule has 1 saturated heterocycles. The zero-order valence-corrected chi connectivity index (χ0v) is 12.3. The van der Waals surface area contributed by atoms with Crippen molar-refractivity contribution in [2.75, 3.05) is 0 Å². The fraction of sp³-hybridized carbons (Fsp3) is 1.00. The average molecular weight is 201 g/mol. The van der Waals surface area contributed by atoms with Crippen LogP contribution in [0.5, 0.6) is 0 Å². The fourth-order valence-corrected chi connectivity index (χ4v) is 5.13. The number of hydrogen-bond acceptors (Lipinski definition) is 1. The molecule has 0 aliphatic carbocycles. The molecule has 1 nitrogen and oxygen atoms in total. The van der Waals surface area contributed by atoms with Gasteiger partial charge in [0.15, 0.2) is 0 Å². The smallest absolute Gasteiger partial charge is 0.0953 e. The Labute approximate surface area is 82.2 Å². The van der Waals surface area contributed by atoms with E-state index < -0.39 is 0 Å². The average Bonchev–Trinajstić information content (AvgIpc) is 2.04. The molecule has 1 rings (SSSR count). The van der Waals surface area contributed by atoms with Crippen LogP contribution in [0.15, 0.2) is 0 Å². The van der Waals surface area contributed by atoms with E-state index in [4.69, 9.17) is 0 Å². The summed E-state index contributed by atoms with van der Waals surface area (Å²) in [5, 5.41) is 0. The van der Waals surface area contributed by atoms with E-state index in [0.29, 0.717) is 0 Å². The monoisotopic (exact) mass is 201 g/mol. The molecular weight excluding hydrogens is 178 g/mol. The van der Waals surface area contributed by atoms with Gasteiger partial charge in [0, 0.05) is 22.3 Å². The van der Waals surface area contributed by atoms with Crippen LogP contribution in [-0.2, 0) is 0 Å². The second kappa shape index (κ2) is 5.19. The first-order chi connectivity index (χ1) is 5.75. The van der Waals surface area contributed by atoms with E-state index in [0.717, 1.165) is 12.1 Å². The summed E-state index contributed by atoms with van der Waals surface area (Å²) in [6, 6.07) is 4.92. The van der Waals surface area contributed by atoms with Gasteiger partial charge < -0.3 is 4.57 Å². The second-order valence-corrected chi connectivity index (χ2v) is 7.10. The number of nitrogens with zero attached hydrogens (tertiary/aromatic N) is 1. The van der Waals surface area contributed by atoms with E-state index >= 15 is 0 Å². The molecule has 1 aliphatic rings. The summed E-state index contributed by atoms with van der Waals surface area (Å²) in [5.74, 6) is 0. The van der Waals surface area contributed by atoms with Crippen molar-refractivity contribution in [2.24, 2.45) is 0 Å². The minimum absolute atomic E-state index is 0.139. The highest BCUT2D eigenvalue weighted by Crippen LogP contribution is 2.21. The standard InChI is InChI=1S/C9H23NSi2/c1-8-4-3-5-9(2)10(8)12-7-6-11/h8-9H,3-7,12H2,1-2,11H3. The van der Waals surface area contributed by atoms with Crippen LogP contribution in [0.25, 0.3) is 0 Å². The molecule has 0 bridgehead atoms. The van der Waals surface area contributed by atoms with Gasteiger partial charge >= 0.3 is 0 Å². The van der Waals surface area contributed by atoms with Crippen LogP contribution >= 0.6 is 0 Å². The minimum Gasteiger partial charge on any atom is -0.324 e. The molecule has 0 aromatic heterocycles. The van der Waals surface area contributed by atoms with E-state index in [1.807, 2.05) is 0 Å². The van der Waals surface area contributed by atoms with Gasteiger partial charge in [-0.3, -0.25) is 0 Å². The van der Waals surface area contributed by atoms with E-state index in [-0.39, 0.29) is 9.68 Å². The van der Waals surface area contributed by atoms with Gasteiger partial charge in [0.25, 0.3) is 0 Å².